The third kappa shape index (κ3) is 1.94. The number of ether oxygens (including phenoxy) is 1. The molecule has 0 atom stereocenters. The number of benzene rings is 1. The van der Waals surface area contributed by atoms with Crippen molar-refractivity contribution in [3.8, 4) is 17.0 Å². The number of methoxy groups -OCH3 is 1. The molecule has 0 unspecified atom stereocenters. The molecule has 5 N–H and O–H groups in total. The van der Waals surface area contributed by atoms with Crippen LogP contribution in [0.25, 0.3) is 11.3 Å². The highest BCUT2D eigenvalue weighted by Gasteiger charge is 2.10. The van der Waals surface area contributed by atoms with E-state index in [2.05, 4.69) is 4.98 Å². The first-order valence-corrected chi connectivity index (χ1v) is 5.05. The number of hydrogen-bond donors (Lipinski definition) is 3. The molecule has 0 aliphatic carbocycles. The van der Waals surface area contributed by atoms with Crippen molar-refractivity contribution < 1.29 is 4.74 Å². The van der Waals surface area contributed by atoms with E-state index in [1.807, 2.05) is 18.2 Å². The van der Waals surface area contributed by atoms with Crippen LogP contribution in [-0.2, 0) is 0 Å². The average Bonchev–Trinajstić information content (AvgIpc) is 2.34. The number of H-pyrrole nitrogens is 1. The molecule has 1 aromatic heterocycles. The van der Waals surface area contributed by atoms with Gasteiger partial charge in [0.05, 0.1) is 24.2 Å². The highest BCUT2D eigenvalue weighted by atomic mass is 16.5. The van der Waals surface area contributed by atoms with Crippen LogP contribution in [0.3, 0.4) is 0 Å². The number of aromatic amines is 1. The summed E-state index contributed by atoms with van der Waals surface area (Å²) in [4.78, 5) is 14.1. The average molecular weight is 231 g/mol. The second-order valence-corrected chi connectivity index (χ2v) is 3.58. The van der Waals surface area contributed by atoms with E-state index >= 15 is 0 Å². The van der Waals surface area contributed by atoms with Crippen LogP contribution in [0.4, 0.5) is 11.4 Å². The predicted molar refractivity (Wildman–Crippen MR) is 67.9 cm³/mol. The van der Waals surface area contributed by atoms with Gasteiger partial charge in [-0.05, 0) is 18.2 Å². The van der Waals surface area contributed by atoms with Crippen LogP contribution in [0.1, 0.15) is 0 Å². The van der Waals surface area contributed by atoms with E-state index in [0.29, 0.717) is 17.1 Å². The molecule has 2 rings (SSSR count). The van der Waals surface area contributed by atoms with E-state index in [9.17, 15) is 4.79 Å². The first kappa shape index (κ1) is 11.1. The summed E-state index contributed by atoms with van der Waals surface area (Å²) in [6, 6.07) is 8.74. The SMILES string of the molecule is COc1ccccc1-c1[nH]c(=O)c(N)cc1N. The van der Waals surface area contributed by atoms with Crippen molar-refractivity contribution in [1.82, 2.24) is 4.98 Å². The molecule has 2 aromatic rings. The molecular weight excluding hydrogens is 218 g/mol. The Morgan fingerprint density at radius 1 is 1.18 bits per heavy atom. The van der Waals surface area contributed by atoms with Crippen LogP contribution in [0.5, 0.6) is 5.75 Å². The van der Waals surface area contributed by atoms with E-state index in [0.717, 1.165) is 5.56 Å². The second-order valence-electron chi connectivity index (χ2n) is 3.58. The van der Waals surface area contributed by atoms with Gasteiger partial charge in [-0.25, -0.2) is 0 Å². The lowest BCUT2D eigenvalue weighted by atomic mass is 10.1. The van der Waals surface area contributed by atoms with Gasteiger partial charge in [0.2, 0.25) is 0 Å². The van der Waals surface area contributed by atoms with Gasteiger partial charge in [0, 0.05) is 5.56 Å². The molecule has 17 heavy (non-hydrogen) atoms. The number of rotatable bonds is 2. The van der Waals surface area contributed by atoms with Crippen LogP contribution in [0, 0.1) is 0 Å². The molecular formula is C12H13N3O2. The fourth-order valence-corrected chi connectivity index (χ4v) is 1.64. The topological polar surface area (TPSA) is 94.1 Å². The number of nitrogens with two attached hydrogens (primary N) is 2. The van der Waals surface area contributed by atoms with E-state index < -0.39 is 0 Å². The minimum absolute atomic E-state index is 0.0983. The first-order valence-electron chi connectivity index (χ1n) is 5.05. The summed E-state index contributed by atoms with van der Waals surface area (Å²) in [6.45, 7) is 0. The van der Waals surface area contributed by atoms with Crippen molar-refractivity contribution in [3.63, 3.8) is 0 Å². The molecule has 0 saturated heterocycles. The van der Waals surface area contributed by atoms with Crippen LogP contribution in [-0.4, -0.2) is 12.1 Å². The first-order chi connectivity index (χ1) is 8.13. The molecule has 1 heterocycles. The maximum Gasteiger partial charge on any atom is 0.271 e. The van der Waals surface area contributed by atoms with Gasteiger partial charge >= 0.3 is 0 Å². The minimum Gasteiger partial charge on any atom is -0.496 e. The fraction of sp³-hybridized carbons (Fsp3) is 0.0833. The lowest BCUT2D eigenvalue weighted by molar-refractivity contribution is 0.416. The van der Waals surface area contributed by atoms with Crippen molar-refractivity contribution in [1.29, 1.82) is 0 Å². The molecule has 0 saturated carbocycles. The summed E-state index contributed by atoms with van der Waals surface area (Å²) >= 11 is 0. The molecule has 0 amide bonds. The number of aromatic nitrogens is 1. The lowest BCUT2D eigenvalue weighted by Gasteiger charge is -2.10. The molecule has 0 fully saturated rings. The Hall–Kier alpha value is -2.43. The molecule has 0 spiro atoms. The van der Waals surface area contributed by atoms with Crippen molar-refractivity contribution >= 4 is 11.4 Å². The van der Waals surface area contributed by atoms with Gasteiger partial charge in [-0.3, -0.25) is 4.79 Å². The van der Waals surface area contributed by atoms with Crippen molar-refractivity contribution in [2.45, 2.75) is 0 Å². The van der Waals surface area contributed by atoms with Gasteiger partial charge in [-0.2, -0.15) is 0 Å². The normalized spacial score (nSPS) is 10.2. The van der Waals surface area contributed by atoms with E-state index in [-0.39, 0.29) is 11.2 Å². The number of nitrogens with one attached hydrogen (secondary N) is 1. The summed E-state index contributed by atoms with van der Waals surface area (Å²) in [7, 11) is 1.56. The zero-order chi connectivity index (χ0) is 12.4. The molecule has 0 aliphatic rings. The van der Waals surface area contributed by atoms with E-state index in [1.54, 1.807) is 13.2 Å². The maximum atomic E-state index is 11.5. The maximum absolute atomic E-state index is 11.5. The minimum atomic E-state index is -0.361. The summed E-state index contributed by atoms with van der Waals surface area (Å²) in [5.41, 5.74) is 12.7. The number of pyridine rings is 1. The monoisotopic (exact) mass is 231 g/mol. The van der Waals surface area contributed by atoms with Gasteiger partial charge in [0.25, 0.3) is 5.56 Å². The summed E-state index contributed by atoms with van der Waals surface area (Å²) < 4.78 is 5.22. The van der Waals surface area contributed by atoms with Crippen LogP contribution >= 0.6 is 0 Å². The van der Waals surface area contributed by atoms with Crippen molar-refractivity contribution in [3.05, 3.63) is 40.7 Å². The Labute approximate surface area is 98.0 Å². The Morgan fingerprint density at radius 2 is 1.88 bits per heavy atom. The molecule has 5 heteroatoms. The van der Waals surface area contributed by atoms with Gasteiger partial charge in [0.15, 0.2) is 0 Å². The Morgan fingerprint density at radius 3 is 2.59 bits per heavy atom. The summed E-state index contributed by atoms with van der Waals surface area (Å²) in [6.07, 6.45) is 0. The van der Waals surface area contributed by atoms with Crippen LogP contribution in [0.15, 0.2) is 35.1 Å². The second kappa shape index (κ2) is 4.21. The Bertz CT molecular complexity index is 605. The van der Waals surface area contributed by atoms with E-state index in [1.165, 1.54) is 6.07 Å². The van der Waals surface area contributed by atoms with Crippen molar-refractivity contribution in [2.75, 3.05) is 18.6 Å². The molecule has 0 bridgehead atoms. The number of anilines is 2. The molecule has 1 aromatic carbocycles. The molecule has 5 nitrogen and oxygen atoms in total. The van der Waals surface area contributed by atoms with Crippen molar-refractivity contribution in [2.24, 2.45) is 0 Å². The molecule has 0 radical (unpaired) electrons. The van der Waals surface area contributed by atoms with Gasteiger partial charge in [-0.1, -0.05) is 12.1 Å². The van der Waals surface area contributed by atoms with E-state index in [4.69, 9.17) is 16.2 Å². The van der Waals surface area contributed by atoms with Crippen LogP contribution < -0.4 is 21.8 Å². The highest BCUT2D eigenvalue weighted by molar-refractivity contribution is 5.78. The third-order valence-electron chi connectivity index (χ3n) is 2.48. The Balaban J connectivity index is 2.68. The predicted octanol–water partition coefficient (Wildman–Crippen LogP) is 1.21. The number of nitrogen functional groups attached to an aromatic ring is 2. The van der Waals surface area contributed by atoms with Gasteiger partial charge in [0.1, 0.15) is 5.75 Å². The zero-order valence-corrected chi connectivity index (χ0v) is 9.36. The highest BCUT2D eigenvalue weighted by Crippen LogP contribution is 2.31. The van der Waals surface area contributed by atoms with Crippen LogP contribution in [0.2, 0.25) is 0 Å². The Kier molecular flexibility index (Phi) is 2.74. The summed E-state index contributed by atoms with van der Waals surface area (Å²) in [5, 5.41) is 0. The van der Waals surface area contributed by atoms with Gasteiger partial charge < -0.3 is 21.2 Å². The third-order valence-corrected chi connectivity index (χ3v) is 2.48. The molecule has 0 aliphatic heterocycles. The standard InChI is InChI=1S/C12H13N3O2/c1-17-10-5-3-2-4-7(10)11-8(13)6-9(14)12(16)15-11/h2-6H,13-14H2,1H3,(H,15,16). The summed E-state index contributed by atoms with van der Waals surface area (Å²) in [5.74, 6) is 0.639. The smallest absolute Gasteiger partial charge is 0.271 e. The lowest BCUT2D eigenvalue weighted by Crippen LogP contribution is -2.14. The zero-order valence-electron chi connectivity index (χ0n) is 9.36. The largest absolute Gasteiger partial charge is 0.496 e. The molecule has 88 valence electrons. The fourth-order valence-electron chi connectivity index (χ4n) is 1.64. The number of para-hydroxylation sites is 1. The van der Waals surface area contributed by atoms with Gasteiger partial charge in [-0.15, -0.1) is 0 Å². The number of hydrogen-bond acceptors (Lipinski definition) is 4. The quantitative estimate of drug-likeness (QED) is 0.724.